The maximum Gasteiger partial charge on any atom is 0.143 e. The van der Waals surface area contributed by atoms with Crippen molar-refractivity contribution in [1.29, 1.82) is 0 Å². The van der Waals surface area contributed by atoms with Crippen LogP contribution in [0.15, 0.2) is 231 Å². The second kappa shape index (κ2) is 32.4. The zero-order valence-corrected chi connectivity index (χ0v) is 68.2. The van der Waals surface area contributed by atoms with Crippen LogP contribution in [0, 0.1) is 62.3 Å². The first kappa shape index (κ1) is 77.0. The SMILES string of the molecule is COc1ccc(Nc2c(-c3ccc(-c4c(C)noc4C)cc3)nc3ccccn23)cc1.Cc1ccc2nc(-c3ccc(-c4c(C)noc4C)cc3)c(NC(C)(C)C)n2c1.Cc1noc(C)c1-c1ccc(-c2nc3ccccn3c2NC(C)(C)C)cc1.Cc1noc(C)c1-c1ccc(-c2nc3ccccn3c2NC2CCCCC2)cc1. The van der Waals surface area contributed by atoms with Crippen LogP contribution in [0.5, 0.6) is 5.75 Å². The Morgan fingerprint density at radius 3 is 1.02 bits per heavy atom. The van der Waals surface area contributed by atoms with Crippen LogP contribution in [0.3, 0.4) is 0 Å². The third-order valence-electron chi connectivity index (χ3n) is 20.6. The van der Waals surface area contributed by atoms with Gasteiger partial charge in [0.2, 0.25) is 0 Å². The number of ether oxygens (including phenoxy) is 1. The Balaban J connectivity index is 0.000000121. The summed E-state index contributed by atoms with van der Waals surface area (Å²) in [5.74, 6) is 8.18. The third-order valence-corrected chi connectivity index (χ3v) is 20.6. The second-order valence-electron chi connectivity index (χ2n) is 31.6. The van der Waals surface area contributed by atoms with Gasteiger partial charge in [0.25, 0.3) is 0 Å². The molecule has 12 heterocycles. The van der Waals surface area contributed by atoms with Gasteiger partial charge in [-0.3, -0.25) is 17.6 Å². The smallest absolute Gasteiger partial charge is 0.143 e. The summed E-state index contributed by atoms with van der Waals surface area (Å²) in [6.07, 6.45) is 14.7. The van der Waals surface area contributed by atoms with Crippen LogP contribution >= 0.6 is 0 Å². The summed E-state index contributed by atoms with van der Waals surface area (Å²) in [4.78, 5) is 19.6. The van der Waals surface area contributed by atoms with Gasteiger partial charge >= 0.3 is 0 Å². The maximum atomic E-state index is 5.33. The van der Waals surface area contributed by atoms with Crippen molar-refractivity contribution in [3.05, 3.63) is 264 Å². The molecule has 1 aliphatic carbocycles. The minimum atomic E-state index is -0.0783. The Bertz CT molecular complexity index is 6170. The Morgan fingerprint density at radius 2 is 0.670 bits per heavy atom. The number of imidazole rings is 4. The monoisotopic (exact) mass is 1530 g/mol. The standard InChI is InChI=1S/C25H22N4O2.C24H26N4O.C23H26N4O.C22H24N4O/c1-16-23(17(2)31-28-16)18-7-9-19(10-8-18)24-25(29-15-5-4-6-22(29)27-24)26-20-11-13-21(30-3)14-12-20;1-16-22(17(2)29-27-16)18-11-13-19(14-12-18)23-24(25-20-8-4-3-5-9-20)28-15-7-6-10-21(28)26-23;1-14-7-12-19-24-21(22(27(19)13-14)25-23(4,5)6)18-10-8-17(9-11-18)20-15(2)26-28-16(20)3;1-14-19(15(2)27-25-14)16-9-11-17(12-10-16)20-21(24-22(3,4)5)26-13-7-6-8-18(26)23-20/h4-15,26H,1-3H3;6-7,10-15,20,25H,3-5,8-9H2,1-2H3;7-13,25H,1-6H3;6-13,24H,1-5H3. The summed E-state index contributed by atoms with van der Waals surface area (Å²) in [5.41, 5.74) is 26.0. The van der Waals surface area contributed by atoms with E-state index < -0.39 is 0 Å². The number of rotatable bonds is 15. The number of nitrogens with zero attached hydrogens (tertiary/aromatic N) is 12. The lowest BCUT2D eigenvalue weighted by Crippen LogP contribution is -2.27. The number of hydrogen-bond acceptors (Lipinski definition) is 17. The molecule has 17 aromatic rings. The molecule has 0 radical (unpaired) electrons. The molecule has 584 valence electrons. The van der Waals surface area contributed by atoms with Gasteiger partial charge in [-0.2, -0.15) is 0 Å². The highest BCUT2D eigenvalue weighted by Gasteiger charge is 2.26. The van der Waals surface area contributed by atoms with Crippen molar-refractivity contribution in [3.63, 3.8) is 0 Å². The lowest BCUT2D eigenvalue weighted by atomic mass is 9.95. The predicted molar refractivity (Wildman–Crippen MR) is 461 cm³/mol. The number of aromatic nitrogens is 12. The highest BCUT2D eigenvalue weighted by Crippen LogP contribution is 2.40. The van der Waals surface area contributed by atoms with Crippen molar-refractivity contribution in [2.24, 2.45) is 0 Å². The summed E-state index contributed by atoms with van der Waals surface area (Å²) in [6, 6.07) is 64.5. The van der Waals surface area contributed by atoms with E-state index in [0.29, 0.717) is 6.04 Å². The van der Waals surface area contributed by atoms with Crippen LogP contribution in [0.1, 0.15) is 125 Å². The summed E-state index contributed by atoms with van der Waals surface area (Å²) < 4.78 is 35.0. The largest absolute Gasteiger partial charge is 0.497 e. The molecule has 21 nitrogen and oxygen atoms in total. The van der Waals surface area contributed by atoms with Crippen LogP contribution in [0.4, 0.5) is 29.0 Å². The molecule has 5 aromatic carbocycles. The molecule has 4 N–H and O–H groups in total. The third kappa shape index (κ3) is 16.7. The van der Waals surface area contributed by atoms with E-state index in [4.69, 9.17) is 42.8 Å². The quantitative estimate of drug-likeness (QED) is 0.0747. The number of methoxy groups -OCH3 is 1. The van der Waals surface area contributed by atoms with Crippen LogP contribution in [0.25, 0.3) is 112 Å². The van der Waals surface area contributed by atoms with Crippen molar-refractivity contribution in [3.8, 4) is 95.3 Å². The molecule has 0 amide bonds. The summed E-state index contributed by atoms with van der Waals surface area (Å²) in [7, 11) is 1.66. The van der Waals surface area contributed by atoms with Crippen LogP contribution < -0.4 is 26.0 Å². The van der Waals surface area contributed by atoms with E-state index >= 15 is 0 Å². The minimum Gasteiger partial charge on any atom is -0.497 e. The highest BCUT2D eigenvalue weighted by atomic mass is 16.5. The Morgan fingerprint density at radius 1 is 0.348 bits per heavy atom. The Kier molecular flexibility index (Phi) is 21.7. The first-order valence-corrected chi connectivity index (χ1v) is 39.2. The predicted octanol–water partition coefficient (Wildman–Crippen LogP) is 23.3. The van der Waals surface area contributed by atoms with E-state index in [1.807, 2.05) is 135 Å². The first-order chi connectivity index (χ1) is 55.4. The van der Waals surface area contributed by atoms with E-state index in [1.165, 1.54) is 37.7 Å². The molecule has 0 spiro atoms. The van der Waals surface area contributed by atoms with E-state index in [2.05, 4.69) is 242 Å². The normalized spacial score (nSPS) is 12.5. The van der Waals surface area contributed by atoms with Crippen LogP contribution in [-0.4, -0.2) is 82.4 Å². The molecule has 0 atom stereocenters. The number of benzene rings is 5. The van der Waals surface area contributed by atoms with Crippen LogP contribution in [-0.2, 0) is 0 Å². The molecule has 0 aliphatic heterocycles. The first-order valence-electron chi connectivity index (χ1n) is 39.2. The van der Waals surface area contributed by atoms with Gasteiger partial charge in [-0.15, -0.1) is 0 Å². The van der Waals surface area contributed by atoms with Crippen molar-refractivity contribution in [2.45, 2.75) is 153 Å². The summed E-state index contributed by atoms with van der Waals surface area (Å²) >= 11 is 0. The van der Waals surface area contributed by atoms with E-state index in [1.54, 1.807) is 7.11 Å². The molecule has 1 saturated carbocycles. The van der Waals surface area contributed by atoms with Gasteiger partial charge in [0.15, 0.2) is 0 Å². The molecule has 0 unspecified atom stereocenters. The molecule has 1 aliphatic rings. The number of fused-ring (bicyclic) bond motifs is 4. The number of aryl methyl sites for hydroxylation is 9. The molecule has 18 rings (SSSR count). The van der Waals surface area contributed by atoms with Gasteiger partial charge in [-0.1, -0.05) is 161 Å². The second-order valence-corrected chi connectivity index (χ2v) is 31.6. The highest BCUT2D eigenvalue weighted by molar-refractivity contribution is 5.85. The average molecular weight is 1530 g/mol. The van der Waals surface area contributed by atoms with Gasteiger partial charge in [-0.05, 0) is 211 Å². The lowest BCUT2D eigenvalue weighted by Gasteiger charge is -2.24. The van der Waals surface area contributed by atoms with E-state index in [9.17, 15) is 0 Å². The zero-order valence-electron chi connectivity index (χ0n) is 68.2. The van der Waals surface area contributed by atoms with E-state index in [0.717, 1.165) is 193 Å². The molecule has 21 heteroatoms. The molecule has 0 bridgehead atoms. The fourth-order valence-electron chi connectivity index (χ4n) is 15.2. The Labute approximate surface area is 669 Å². The Hall–Kier alpha value is -13.3. The molecule has 1 fully saturated rings. The lowest BCUT2D eigenvalue weighted by molar-refractivity contribution is 0.393. The number of hydrogen-bond donors (Lipinski definition) is 4. The fraction of sp³-hybridized carbons (Fsp3) is 0.255. The van der Waals surface area contributed by atoms with Crippen molar-refractivity contribution in [2.75, 3.05) is 28.4 Å². The minimum absolute atomic E-state index is 0.0722. The van der Waals surface area contributed by atoms with Gasteiger partial charge in [-0.25, -0.2) is 19.9 Å². The molecular weight excluding hydrogens is 1430 g/mol. The fourth-order valence-corrected chi connectivity index (χ4v) is 15.2. The zero-order chi connectivity index (χ0) is 80.4. The van der Waals surface area contributed by atoms with E-state index in [-0.39, 0.29) is 11.1 Å². The van der Waals surface area contributed by atoms with Crippen molar-refractivity contribution in [1.82, 2.24) is 58.2 Å². The van der Waals surface area contributed by atoms with Crippen molar-refractivity contribution < 1.29 is 22.8 Å². The molecule has 12 aromatic heterocycles. The van der Waals surface area contributed by atoms with Gasteiger partial charge in [0.1, 0.15) is 97.4 Å². The summed E-state index contributed by atoms with van der Waals surface area (Å²) in [6.45, 7) is 30.7. The summed E-state index contributed by atoms with van der Waals surface area (Å²) in [5, 5.41) is 30.8. The molecule has 115 heavy (non-hydrogen) atoms. The number of pyridine rings is 4. The van der Waals surface area contributed by atoms with Gasteiger partial charge in [0.05, 0.1) is 29.9 Å². The maximum absolute atomic E-state index is 5.33. The molecular formula is C94H98N16O5. The van der Waals surface area contributed by atoms with Crippen LogP contribution in [0.2, 0.25) is 0 Å². The van der Waals surface area contributed by atoms with Gasteiger partial charge in [0, 0.05) is 92.1 Å². The molecule has 0 saturated heterocycles. The topological polar surface area (TPSA) is 231 Å². The number of nitrogens with one attached hydrogen (secondary N) is 4. The van der Waals surface area contributed by atoms with Crippen molar-refractivity contribution >= 4 is 51.5 Å². The average Bonchev–Trinajstić information content (AvgIpc) is 1.64. The number of anilines is 5. The van der Waals surface area contributed by atoms with Gasteiger partial charge < -0.3 is 44.1 Å².